The molecule has 1 N–H and O–H groups in total. The monoisotopic (exact) mass is 310 g/mol. The molecule has 0 saturated heterocycles. The number of carboxylic acid groups (broad SMARTS) is 1. The van der Waals surface area contributed by atoms with E-state index in [2.05, 4.69) is 20.4 Å². The quantitative estimate of drug-likeness (QED) is 0.739. The highest BCUT2D eigenvalue weighted by Crippen LogP contribution is 2.09. The van der Waals surface area contributed by atoms with Crippen LogP contribution in [-0.2, 0) is 0 Å². The van der Waals surface area contributed by atoms with E-state index in [9.17, 15) is 4.79 Å². The maximum Gasteiger partial charge on any atom is 0.335 e. The molecule has 8 heteroatoms. The first-order valence-corrected chi connectivity index (χ1v) is 6.86. The van der Waals surface area contributed by atoms with Crippen molar-refractivity contribution in [1.82, 2.24) is 24.7 Å². The van der Waals surface area contributed by atoms with Crippen molar-refractivity contribution in [2.45, 2.75) is 13.8 Å². The van der Waals surface area contributed by atoms with Crippen LogP contribution in [0.4, 0.5) is 0 Å². The molecule has 0 saturated carbocycles. The summed E-state index contributed by atoms with van der Waals surface area (Å²) < 4.78 is 3.16. The average molecular weight is 310 g/mol. The van der Waals surface area contributed by atoms with E-state index in [0.717, 1.165) is 17.0 Å². The minimum absolute atomic E-state index is 0.231. The molecule has 0 aliphatic carbocycles. The van der Waals surface area contributed by atoms with Crippen LogP contribution in [0.2, 0.25) is 0 Å². The molecule has 0 radical (unpaired) electrons. The van der Waals surface area contributed by atoms with Crippen LogP contribution >= 0.6 is 0 Å². The summed E-state index contributed by atoms with van der Waals surface area (Å²) in [5, 5.41) is 25.4. The minimum atomic E-state index is -0.959. The summed E-state index contributed by atoms with van der Waals surface area (Å²) in [5.41, 5.74) is 2.81. The van der Waals surface area contributed by atoms with Crippen molar-refractivity contribution in [3.63, 3.8) is 0 Å². The van der Waals surface area contributed by atoms with Gasteiger partial charge in [0.2, 0.25) is 0 Å². The van der Waals surface area contributed by atoms with E-state index in [1.807, 2.05) is 19.9 Å². The first-order chi connectivity index (χ1) is 11.0. The van der Waals surface area contributed by atoms with Gasteiger partial charge in [-0.3, -0.25) is 0 Å². The van der Waals surface area contributed by atoms with E-state index in [1.54, 1.807) is 23.0 Å². The zero-order valence-corrected chi connectivity index (χ0v) is 12.6. The molecule has 0 aliphatic rings. The number of hydrogen-bond donors (Lipinski definition) is 1. The topological polar surface area (TPSA) is 98.2 Å². The second-order valence-electron chi connectivity index (χ2n) is 4.99. The Morgan fingerprint density at radius 2 is 2.00 bits per heavy atom. The smallest absolute Gasteiger partial charge is 0.335 e. The van der Waals surface area contributed by atoms with Crippen LogP contribution in [0.25, 0.3) is 5.95 Å². The molecule has 3 rings (SSSR count). The summed E-state index contributed by atoms with van der Waals surface area (Å²) in [5.74, 6) is -0.479. The Balaban J connectivity index is 1.88. The van der Waals surface area contributed by atoms with Crippen molar-refractivity contribution in [3.8, 4) is 5.95 Å². The SMILES string of the molecule is Cc1cc(C)n(-c2nncn2/N=C\c2ccc(C(=O)O)cc2)n1. The largest absolute Gasteiger partial charge is 0.478 e. The normalized spacial score (nSPS) is 11.2. The lowest BCUT2D eigenvalue weighted by atomic mass is 10.1. The van der Waals surface area contributed by atoms with E-state index in [-0.39, 0.29) is 5.56 Å². The second kappa shape index (κ2) is 5.84. The Labute approximate surface area is 131 Å². The summed E-state index contributed by atoms with van der Waals surface area (Å²) in [6.07, 6.45) is 3.08. The van der Waals surface area contributed by atoms with Crippen LogP contribution in [0.1, 0.15) is 27.3 Å². The summed E-state index contributed by atoms with van der Waals surface area (Å²) in [7, 11) is 0. The van der Waals surface area contributed by atoms with Crippen LogP contribution in [-0.4, -0.2) is 41.9 Å². The molecule has 0 unspecified atom stereocenters. The van der Waals surface area contributed by atoms with Crippen molar-refractivity contribution < 1.29 is 9.90 Å². The van der Waals surface area contributed by atoms with E-state index in [1.165, 1.54) is 23.1 Å². The lowest BCUT2D eigenvalue weighted by Gasteiger charge is -2.02. The highest BCUT2D eigenvalue weighted by Gasteiger charge is 2.10. The number of carboxylic acids is 1. The first kappa shape index (κ1) is 14.6. The first-order valence-electron chi connectivity index (χ1n) is 6.86. The summed E-state index contributed by atoms with van der Waals surface area (Å²) in [6.45, 7) is 3.82. The van der Waals surface area contributed by atoms with Gasteiger partial charge in [0.15, 0.2) is 0 Å². The van der Waals surface area contributed by atoms with Gasteiger partial charge in [-0.2, -0.15) is 14.9 Å². The molecule has 0 amide bonds. The molecule has 0 fully saturated rings. The third-order valence-corrected chi connectivity index (χ3v) is 3.20. The van der Waals surface area contributed by atoms with Gasteiger partial charge in [0.25, 0.3) is 5.95 Å². The Bertz CT molecular complexity index is 876. The average Bonchev–Trinajstić information content (AvgIpc) is 3.11. The number of aromatic carboxylic acids is 1. The van der Waals surface area contributed by atoms with Gasteiger partial charge in [-0.1, -0.05) is 12.1 Å². The number of aromatic nitrogens is 5. The van der Waals surface area contributed by atoms with Gasteiger partial charge < -0.3 is 5.11 Å². The zero-order valence-electron chi connectivity index (χ0n) is 12.6. The van der Waals surface area contributed by atoms with Crippen LogP contribution in [0.3, 0.4) is 0 Å². The summed E-state index contributed by atoms with van der Waals surface area (Å²) in [6, 6.07) is 8.35. The number of benzene rings is 1. The summed E-state index contributed by atoms with van der Waals surface area (Å²) in [4.78, 5) is 10.8. The Hall–Kier alpha value is -3.29. The van der Waals surface area contributed by atoms with Gasteiger partial charge in [-0.25, -0.2) is 9.48 Å². The summed E-state index contributed by atoms with van der Waals surface area (Å²) >= 11 is 0. The zero-order chi connectivity index (χ0) is 16.4. The fourth-order valence-corrected chi connectivity index (χ4v) is 2.12. The molecule has 23 heavy (non-hydrogen) atoms. The number of aryl methyl sites for hydroxylation is 2. The lowest BCUT2D eigenvalue weighted by Crippen LogP contribution is -2.06. The van der Waals surface area contributed by atoms with E-state index in [0.29, 0.717) is 5.95 Å². The Kier molecular flexibility index (Phi) is 3.71. The molecule has 0 aliphatic heterocycles. The van der Waals surface area contributed by atoms with Gasteiger partial charge in [0, 0.05) is 5.69 Å². The molecule has 0 spiro atoms. The molecule has 3 aromatic rings. The Morgan fingerprint density at radius 1 is 1.26 bits per heavy atom. The molecular formula is C15H14N6O2. The maximum absolute atomic E-state index is 10.8. The highest BCUT2D eigenvalue weighted by molar-refractivity contribution is 5.89. The maximum atomic E-state index is 10.8. The highest BCUT2D eigenvalue weighted by atomic mass is 16.4. The predicted molar refractivity (Wildman–Crippen MR) is 83.0 cm³/mol. The van der Waals surface area contributed by atoms with Crippen molar-refractivity contribution in [2.75, 3.05) is 0 Å². The minimum Gasteiger partial charge on any atom is -0.478 e. The van der Waals surface area contributed by atoms with Gasteiger partial charge in [0.1, 0.15) is 6.33 Å². The molecule has 8 nitrogen and oxygen atoms in total. The van der Waals surface area contributed by atoms with Crippen molar-refractivity contribution in [3.05, 3.63) is 59.2 Å². The molecular weight excluding hydrogens is 296 g/mol. The van der Waals surface area contributed by atoms with Crippen LogP contribution < -0.4 is 0 Å². The lowest BCUT2D eigenvalue weighted by molar-refractivity contribution is 0.0697. The molecule has 1 aromatic carbocycles. The van der Waals surface area contributed by atoms with E-state index in [4.69, 9.17) is 5.11 Å². The fraction of sp³-hybridized carbons (Fsp3) is 0.133. The van der Waals surface area contributed by atoms with E-state index >= 15 is 0 Å². The van der Waals surface area contributed by atoms with Gasteiger partial charge in [0.05, 0.1) is 17.5 Å². The number of carbonyl (C=O) groups is 1. The second-order valence-corrected chi connectivity index (χ2v) is 4.99. The molecule has 2 aromatic heterocycles. The third kappa shape index (κ3) is 3.00. The standard InChI is InChI=1S/C15H14N6O2/c1-10-7-11(2)21(19-10)15-18-16-9-20(15)17-8-12-3-5-13(6-4-12)14(22)23/h3-9H,1-2H3,(H,22,23)/b17-8-. The number of nitrogens with zero attached hydrogens (tertiary/aromatic N) is 6. The predicted octanol–water partition coefficient (Wildman–Crippen LogP) is 1.66. The van der Waals surface area contributed by atoms with Gasteiger partial charge in [-0.05, 0) is 37.6 Å². The number of hydrogen-bond acceptors (Lipinski definition) is 5. The van der Waals surface area contributed by atoms with Gasteiger partial charge >= 0.3 is 5.97 Å². The third-order valence-electron chi connectivity index (χ3n) is 3.20. The van der Waals surface area contributed by atoms with Crippen molar-refractivity contribution in [2.24, 2.45) is 5.10 Å². The molecule has 2 heterocycles. The molecule has 116 valence electrons. The molecule has 0 atom stereocenters. The molecule has 0 bridgehead atoms. The van der Waals surface area contributed by atoms with Crippen LogP contribution in [0.15, 0.2) is 41.8 Å². The van der Waals surface area contributed by atoms with Crippen LogP contribution in [0, 0.1) is 13.8 Å². The van der Waals surface area contributed by atoms with Crippen molar-refractivity contribution in [1.29, 1.82) is 0 Å². The fourth-order valence-electron chi connectivity index (χ4n) is 2.12. The van der Waals surface area contributed by atoms with Gasteiger partial charge in [-0.15, -0.1) is 10.2 Å². The number of rotatable bonds is 4. The Morgan fingerprint density at radius 3 is 2.61 bits per heavy atom. The van der Waals surface area contributed by atoms with Crippen molar-refractivity contribution >= 4 is 12.2 Å². The van der Waals surface area contributed by atoms with Crippen LogP contribution in [0.5, 0.6) is 0 Å². The van der Waals surface area contributed by atoms with E-state index < -0.39 is 5.97 Å².